The Balaban J connectivity index is 2.61. The molecule has 4 heteroatoms. The molecule has 1 rings (SSSR count). The molecule has 0 saturated carbocycles. The molecule has 2 amide bonds. The maximum atomic E-state index is 11.4. The molecular formula is C11H13NO2S. The minimum atomic E-state index is -0.215. The Morgan fingerprint density at radius 3 is 2.73 bits per heavy atom. The maximum absolute atomic E-state index is 11.4. The van der Waals surface area contributed by atoms with Gasteiger partial charge in [0.2, 0.25) is 11.8 Å². The van der Waals surface area contributed by atoms with Crippen molar-refractivity contribution in [3.8, 4) is 0 Å². The summed E-state index contributed by atoms with van der Waals surface area (Å²) < 4.78 is 0. The van der Waals surface area contributed by atoms with Crippen LogP contribution in [0.25, 0.3) is 0 Å². The Kier molecular flexibility index (Phi) is 4.37. The smallest absolute Gasteiger partial charge is 0.240 e. The van der Waals surface area contributed by atoms with E-state index in [0.29, 0.717) is 12.8 Å². The van der Waals surface area contributed by atoms with Gasteiger partial charge in [0.15, 0.2) is 0 Å². The minimum Gasteiger partial charge on any atom is -0.295 e. The normalized spacial score (nSPS) is 22.1. The summed E-state index contributed by atoms with van der Waals surface area (Å²) in [6.45, 7) is 7.23. The SMILES string of the molecule is C=C/C=C(\C=C)SC1CCC(=O)NC1=O. The second-order valence-corrected chi connectivity index (χ2v) is 4.34. The maximum Gasteiger partial charge on any atom is 0.240 e. The molecule has 1 aliphatic heterocycles. The number of nitrogens with one attached hydrogen (secondary N) is 1. The van der Waals surface area contributed by atoms with Gasteiger partial charge in [-0.2, -0.15) is 0 Å². The second-order valence-electron chi connectivity index (χ2n) is 3.07. The molecule has 0 aromatic rings. The van der Waals surface area contributed by atoms with Crippen molar-refractivity contribution in [1.29, 1.82) is 0 Å². The molecule has 1 heterocycles. The zero-order valence-corrected chi connectivity index (χ0v) is 9.18. The van der Waals surface area contributed by atoms with Crippen molar-refractivity contribution in [3.05, 3.63) is 36.3 Å². The van der Waals surface area contributed by atoms with E-state index in [4.69, 9.17) is 0 Å². The topological polar surface area (TPSA) is 46.2 Å². The van der Waals surface area contributed by atoms with Crippen molar-refractivity contribution in [2.75, 3.05) is 0 Å². The van der Waals surface area contributed by atoms with Gasteiger partial charge in [-0.3, -0.25) is 14.9 Å². The number of carbonyl (C=O) groups excluding carboxylic acids is 2. The van der Waals surface area contributed by atoms with E-state index < -0.39 is 0 Å². The minimum absolute atomic E-state index is 0.190. The lowest BCUT2D eigenvalue weighted by atomic mass is 10.1. The van der Waals surface area contributed by atoms with Crippen LogP contribution in [0.5, 0.6) is 0 Å². The molecule has 0 aliphatic carbocycles. The van der Waals surface area contributed by atoms with Crippen LogP contribution in [0, 0.1) is 0 Å². The van der Waals surface area contributed by atoms with Gasteiger partial charge in [-0.25, -0.2) is 0 Å². The van der Waals surface area contributed by atoms with Crippen LogP contribution in [-0.2, 0) is 9.59 Å². The summed E-state index contributed by atoms with van der Waals surface area (Å²) in [5, 5.41) is 2.11. The number of carbonyl (C=O) groups is 2. The summed E-state index contributed by atoms with van der Waals surface area (Å²) >= 11 is 1.41. The first-order valence-electron chi connectivity index (χ1n) is 4.63. The lowest BCUT2D eigenvalue weighted by molar-refractivity contribution is -0.132. The monoisotopic (exact) mass is 223 g/mol. The number of allylic oxidation sites excluding steroid dienone is 3. The molecule has 1 N–H and O–H groups in total. The zero-order valence-electron chi connectivity index (χ0n) is 8.36. The summed E-state index contributed by atoms with van der Waals surface area (Å²) in [5.41, 5.74) is 0. The van der Waals surface area contributed by atoms with Gasteiger partial charge in [0.05, 0.1) is 5.25 Å². The molecule has 15 heavy (non-hydrogen) atoms. The fourth-order valence-electron chi connectivity index (χ4n) is 1.22. The molecule has 1 fully saturated rings. The average Bonchev–Trinajstić information content (AvgIpc) is 2.21. The van der Waals surface area contributed by atoms with Crippen LogP contribution in [0.3, 0.4) is 0 Å². The molecule has 0 aromatic heterocycles. The number of rotatable bonds is 4. The molecular weight excluding hydrogens is 210 g/mol. The van der Waals surface area contributed by atoms with E-state index in [-0.39, 0.29) is 17.1 Å². The predicted molar refractivity (Wildman–Crippen MR) is 62.2 cm³/mol. The molecule has 3 nitrogen and oxygen atoms in total. The van der Waals surface area contributed by atoms with E-state index in [1.165, 1.54) is 11.8 Å². The molecule has 1 aliphatic rings. The average molecular weight is 223 g/mol. The van der Waals surface area contributed by atoms with Gasteiger partial charge in [-0.05, 0) is 12.5 Å². The number of hydrogen-bond donors (Lipinski definition) is 1. The predicted octanol–water partition coefficient (Wildman–Crippen LogP) is 1.78. The largest absolute Gasteiger partial charge is 0.295 e. The standard InChI is InChI=1S/C11H13NO2S/c1-3-5-8(4-2)15-9-6-7-10(13)12-11(9)14/h3-5,9H,1-2,6-7H2,(H,12,13,14)/b8-5+. The Labute approximate surface area is 93.3 Å². The van der Waals surface area contributed by atoms with Crippen molar-refractivity contribution in [2.45, 2.75) is 18.1 Å². The quantitative estimate of drug-likeness (QED) is 0.583. The van der Waals surface area contributed by atoms with Crippen LogP contribution >= 0.6 is 11.8 Å². The molecule has 80 valence electrons. The highest BCUT2D eigenvalue weighted by molar-refractivity contribution is 8.04. The van der Waals surface area contributed by atoms with Crippen LogP contribution in [0.15, 0.2) is 36.3 Å². The zero-order chi connectivity index (χ0) is 11.3. The Morgan fingerprint density at radius 1 is 1.47 bits per heavy atom. The van der Waals surface area contributed by atoms with Crippen LogP contribution in [0.1, 0.15) is 12.8 Å². The Morgan fingerprint density at radius 2 is 2.20 bits per heavy atom. The third kappa shape index (κ3) is 3.40. The van der Waals surface area contributed by atoms with Crippen molar-refractivity contribution < 1.29 is 9.59 Å². The highest BCUT2D eigenvalue weighted by atomic mass is 32.2. The summed E-state index contributed by atoms with van der Waals surface area (Å²) in [4.78, 5) is 23.2. The molecule has 1 atom stereocenters. The fourth-order valence-corrected chi connectivity index (χ4v) is 2.22. The van der Waals surface area contributed by atoms with Gasteiger partial charge < -0.3 is 0 Å². The molecule has 0 bridgehead atoms. The summed E-state index contributed by atoms with van der Waals surface area (Å²) in [5.74, 6) is -0.405. The fraction of sp³-hybridized carbons (Fsp3) is 0.273. The van der Waals surface area contributed by atoms with Crippen molar-refractivity contribution in [1.82, 2.24) is 5.32 Å². The third-order valence-corrected chi connectivity index (χ3v) is 3.26. The van der Waals surface area contributed by atoms with Crippen molar-refractivity contribution >= 4 is 23.6 Å². The van der Waals surface area contributed by atoms with E-state index >= 15 is 0 Å². The number of hydrogen-bond acceptors (Lipinski definition) is 3. The van der Waals surface area contributed by atoms with Crippen molar-refractivity contribution in [2.24, 2.45) is 0 Å². The number of imide groups is 1. The van der Waals surface area contributed by atoms with Gasteiger partial charge in [-0.1, -0.05) is 25.3 Å². The van der Waals surface area contributed by atoms with E-state index in [1.54, 1.807) is 18.2 Å². The Bertz CT molecular complexity index is 333. The highest BCUT2D eigenvalue weighted by Gasteiger charge is 2.27. The molecule has 0 aromatic carbocycles. The number of piperidine rings is 1. The lowest BCUT2D eigenvalue weighted by Crippen LogP contribution is -2.42. The van der Waals surface area contributed by atoms with Crippen molar-refractivity contribution in [3.63, 3.8) is 0 Å². The molecule has 1 unspecified atom stereocenters. The first-order chi connectivity index (χ1) is 7.17. The van der Waals surface area contributed by atoms with Crippen LogP contribution in [-0.4, -0.2) is 17.1 Å². The van der Waals surface area contributed by atoms with Gasteiger partial charge in [0.25, 0.3) is 0 Å². The van der Waals surface area contributed by atoms with Crippen LogP contribution < -0.4 is 5.32 Å². The molecule has 0 spiro atoms. The molecule has 0 radical (unpaired) electrons. The van der Waals surface area contributed by atoms with Crippen LogP contribution in [0.4, 0.5) is 0 Å². The third-order valence-electron chi connectivity index (χ3n) is 1.95. The van der Waals surface area contributed by atoms with Crippen LogP contribution in [0.2, 0.25) is 0 Å². The summed E-state index contributed by atoms with van der Waals surface area (Å²) in [6.07, 6.45) is 6.10. The molecule has 1 saturated heterocycles. The summed E-state index contributed by atoms with van der Waals surface area (Å²) in [7, 11) is 0. The van der Waals surface area contributed by atoms with E-state index in [1.807, 2.05) is 0 Å². The second kappa shape index (κ2) is 5.56. The van der Waals surface area contributed by atoms with Gasteiger partial charge >= 0.3 is 0 Å². The van der Waals surface area contributed by atoms with Gasteiger partial charge in [0, 0.05) is 11.3 Å². The van der Waals surface area contributed by atoms with Gasteiger partial charge in [0.1, 0.15) is 0 Å². The lowest BCUT2D eigenvalue weighted by Gasteiger charge is -2.20. The first-order valence-corrected chi connectivity index (χ1v) is 5.51. The van der Waals surface area contributed by atoms with E-state index in [2.05, 4.69) is 18.5 Å². The number of thioether (sulfide) groups is 1. The Hall–Kier alpha value is -1.29. The first kappa shape index (κ1) is 11.8. The van der Waals surface area contributed by atoms with E-state index in [0.717, 1.165) is 4.91 Å². The van der Waals surface area contributed by atoms with E-state index in [9.17, 15) is 9.59 Å². The number of amides is 2. The summed E-state index contributed by atoms with van der Waals surface area (Å²) in [6, 6.07) is 0. The van der Waals surface area contributed by atoms with Gasteiger partial charge in [-0.15, -0.1) is 11.8 Å². The highest BCUT2D eigenvalue weighted by Crippen LogP contribution is 2.27.